The highest BCUT2D eigenvalue weighted by atomic mass is 32.2. The summed E-state index contributed by atoms with van der Waals surface area (Å²) in [5, 5.41) is 9.67. The number of carbonyl (C=O) groups is 1. The molecule has 1 aromatic carbocycles. The van der Waals surface area contributed by atoms with Crippen molar-refractivity contribution < 1.29 is 4.79 Å². The predicted octanol–water partition coefficient (Wildman–Crippen LogP) is 4.52. The summed E-state index contributed by atoms with van der Waals surface area (Å²) in [6, 6.07) is 12.2. The molecule has 3 aromatic rings. The fourth-order valence-corrected chi connectivity index (χ4v) is 5.39. The molecular weight excluding hydrogens is 388 g/mol. The molecule has 2 aromatic heterocycles. The number of hydrogen-bond donors (Lipinski definition) is 0. The summed E-state index contributed by atoms with van der Waals surface area (Å²) in [7, 11) is 0. The quantitative estimate of drug-likeness (QED) is 0.422. The smallest absolute Gasteiger partial charge is 0.196 e. The van der Waals surface area contributed by atoms with Crippen LogP contribution in [0.1, 0.15) is 38.8 Å². The normalized spacial score (nSPS) is 14.6. The minimum absolute atomic E-state index is 0.149. The lowest BCUT2D eigenvalue weighted by atomic mass is 10.2. The van der Waals surface area contributed by atoms with Gasteiger partial charge in [0.05, 0.1) is 12.3 Å². The highest BCUT2D eigenvalue weighted by Crippen LogP contribution is 2.26. The van der Waals surface area contributed by atoms with Crippen LogP contribution in [0.2, 0.25) is 0 Å². The molecule has 0 atom stereocenters. The first-order valence-corrected chi connectivity index (χ1v) is 11.4. The van der Waals surface area contributed by atoms with Gasteiger partial charge in [-0.05, 0) is 58.0 Å². The Balaban J connectivity index is 1.56. The minimum Gasteiger partial charge on any atom is -0.296 e. The number of Topliss-reactive ketones (excluding diaryl/α,β-unsaturated/α-hetero) is 1. The Morgan fingerprint density at radius 1 is 1.14 bits per heavy atom. The number of aryl methyl sites for hydroxylation is 2. The summed E-state index contributed by atoms with van der Waals surface area (Å²) in [5.74, 6) is 1.45. The molecule has 146 valence electrons. The van der Waals surface area contributed by atoms with E-state index in [9.17, 15) is 4.79 Å². The Hall–Kier alpha value is -1.96. The number of thioether (sulfide) groups is 1. The molecule has 0 radical (unpaired) electrons. The van der Waals surface area contributed by atoms with Crippen molar-refractivity contribution >= 4 is 28.9 Å². The molecule has 3 heterocycles. The third-order valence-electron chi connectivity index (χ3n) is 4.95. The standard InChI is InChI=1S/C21H24N4OS2/c1-15-12-18(16(2)28-15)19(26)14-27-21-23-22-20(13-24-10-6-7-11-24)25(21)17-8-4-3-5-9-17/h3-5,8-9,12H,6-7,10-11,13-14H2,1-2H3. The number of nitrogens with zero attached hydrogens (tertiary/aromatic N) is 4. The van der Waals surface area contributed by atoms with E-state index in [1.54, 1.807) is 11.3 Å². The third-order valence-corrected chi connectivity index (χ3v) is 6.85. The van der Waals surface area contributed by atoms with Crippen LogP contribution in [-0.2, 0) is 6.54 Å². The van der Waals surface area contributed by atoms with Crippen LogP contribution in [0, 0.1) is 13.8 Å². The van der Waals surface area contributed by atoms with Gasteiger partial charge in [0.2, 0.25) is 0 Å². The Bertz CT molecular complexity index is 958. The van der Waals surface area contributed by atoms with E-state index >= 15 is 0 Å². The van der Waals surface area contributed by atoms with Crippen molar-refractivity contribution in [1.82, 2.24) is 19.7 Å². The van der Waals surface area contributed by atoms with Gasteiger partial charge in [-0.1, -0.05) is 30.0 Å². The van der Waals surface area contributed by atoms with Gasteiger partial charge in [-0.15, -0.1) is 21.5 Å². The van der Waals surface area contributed by atoms with Crippen LogP contribution in [0.5, 0.6) is 0 Å². The Morgan fingerprint density at radius 2 is 1.89 bits per heavy atom. The van der Waals surface area contributed by atoms with Gasteiger partial charge < -0.3 is 0 Å². The molecule has 5 nitrogen and oxygen atoms in total. The second-order valence-corrected chi connectivity index (χ2v) is 9.49. The van der Waals surface area contributed by atoms with Crippen molar-refractivity contribution in [2.24, 2.45) is 0 Å². The molecule has 7 heteroatoms. The molecule has 1 saturated heterocycles. The van der Waals surface area contributed by atoms with E-state index in [4.69, 9.17) is 0 Å². The second-order valence-electron chi connectivity index (χ2n) is 7.09. The molecule has 0 saturated carbocycles. The fraction of sp³-hybridized carbons (Fsp3) is 0.381. The number of ketones is 1. The number of para-hydroxylation sites is 1. The molecule has 0 bridgehead atoms. The Morgan fingerprint density at radius 3 is 2.57 bits per heavy atom. The van der Waals surface area contributed by atoms with E-state index in [1.165, 1.54) is 29.5 Å². The van der Waals surface area contributed by atoms with Crippen LogP contribution in [-0.4, -0.2) is 44.3 Å². The van der Waals surface area contributed by atoms with E-state index in [-0.39, 0.29) is 5.78 Å². The number of benzene rings is 1. The van der Waals surface area contributed by atoms with Crippen molar-refractivity contribution in [2.75, 3.05) is 18.8 Å². The van der Waals surface area contributed by atoms with Crippen LogP contribution >= 0.6 is 23.1 Å². The molecule has 4 rings (SSSR count). The summed E-state index contributed by atoms with van der Waals surface area (Å²) in [5.41, 5.74) is 1.87. The first-order chi connectivity index (χ1) is 13.6. The lowest BCUT2D eigenvalue weighted by molar-refractivity contribution is 0.102. The van der Waals surface area contributed by atoms with E-state index in [0.29, 0.717) is 5.75 Å². The number of thiophene rings is 1. The molecule has 0 N–H and O–H groups in total. The maximum atomic E-state index is 12.7. The number of carbonyl (C=O) groups excluding carboxylic acids is 1. The Labute approximate surface area is 173 Å². The van der Waals surface area contributed by atoms with Gasteiger partial charge in [0.25, 0.3) is 0 Å². The molecule has 1 aliphatic heterocycles. The molecule has 0 unspecified atom stereocenters. The van der Waals surface area contributed by atoms with Crippen LogP contribution < -0.4 is 0 Å². The van der Waals surface area contributed by atoms with Crippen LogP contribution in [0.3, 0.4) is 0 Å². The lowest BCUT2D eigenvalue weighted by Gasteiger charge is -2.15. The zero-order valence-corrected chi connectivity index (χ0v) is 17.9. The molecule has 1 fully saturated rings. The second kappa shape index (κ2) is 8.59. The lowest BCUT2D eigenvalue weighted by Crippen LogP contribution is -2.21. The van der Waals surface area contributed by atoms with Crippen LogP contribution in [0.25, 0.3) is 5.69 Å². The van der Waals surface area contributed by atoms with E-state index in [1.807, 2.05) is 38.1 Å². The largest absolute Gasteiger partial charge is 0.296 e. The molecule has 1 aliphatic rings. The maximum absolute atomic E-state index is 12.7. The van der Waals surface area contributed by atoms with Gasteiger partial charge >= 0.3 is 0 Å². The van der Waals surface area contributed by atoms with Gasteiger partial charge in [-0.2, -0.15) is 0 Å². The van der Waals surface area contributed by atoms with Gasteiger partial charge in [-0.25, -0.2) is 0 Å². The highest BCUT2D eigenvalue weighted by Gasteiger charge is 2.20. The van der Waals surface area contributed by atoms with Crippen LogP contribution in [0.4, 0.5) is 0 Å². The summed E-state index contributed by atoms with van der Waals surface area (Å²) < 4.78 is 2.10. The summed E-state index contributed by atoms with van der Waals surface area (Å²) in [6.07, 6.45) is 2.49. The number of rotatable bonds is 7. The number of likely N-dealkylation sites (tertiary alicyclic amines) is 1. The van der Waals surface area contributed by atoms with Crippen molar-refractivity contribution in [3.63, 3.8) is 0 Å². The van der Waals surface area contributed by atoms with Gasteiger partial charge in [0, 0.05) is 21.0 Å². The summed E-state index contributed by atoms with van der Waals surface area (Å²) in [6.45, 7) is 7.06. The molecule has 0 spiro atoms. The number of aromatic nitrogens is 3. The number of hydrogen-bond acceptors (Lipinski definition) is 6. The third kappa shape index (κ3) is 4.21. The molecule has 0 amide bonds. The molecular formula is C21H24N4OS2. The average Bonchev–Trinajstić information content (AvgIpc) is 3.42. The van der Waals surface area contributed by atoms with E-state index in [0.717, 1.165) is 46.7 Å². The molecule has 28 heavy (non-hydrogen) atoms. The SMILES string of the molecule is Cc1cc(C(=O)CSc2nnc(CN3CCCC3)n2-c2ccccc2)c(C)s1. The monoisotopic (exact) mass is 412 g/mol. The van der Waals surface area contributed by atoms with Crippen molar-refractivity contribution in [1.29, 1.82) is 0 Å². The van der Waals surface area contributed by atoms with Gasteiger partial charge in [0.15, 0.2) is 16.8 Å². The Kier molecular flexibility index (Phi) is 5.94. The van der Waals surface area contributed by atoms with Crippen molar-refractivity contribution in [2.45, 2.75) is 38.4 Å². The van der Waals surface area contributed by atoms with Crippen molar-refractivity contribution in [3.8, 4) is 5.69 Å². The maximum Gasteiger partial charge on any atom is 0.196 e. The fourth-order valence-electron chi connectivity index (χ4n) is 3.59. The van der Waals surface area contributed by atoms with Crippen LogP contribution in [0.15, 0.2) is 41.6 Å². The summed E-state index contributed by atoms with van der Waals surface area (Å²) in [4.78, 5) is 17.4. The zero-order valence-electron chi connectivity index (χ0n) is 16.2. The first kappa shape index (κ1) is 19.4. The van der Waals surface area contributed by atoms with E-state index in [2.05, 4.69) is 31.8 Å². The van der Waals surface area contributed by atoms with Gasteiger partial charge in [0.1, 0.15) is 0 Å². The first-order valence-electron chi connectivity index (χ1n) is 9.57. The topological polar surface area (TPSA) is 51.0 Å². The van der Waals surface area contributed by atoms with E-state index < -0.39 is 0 Å². The zero-order chi connectivity index (χ0) is 19.5. The average molecular weight is 413 g/mol. The minimum atomic E-state index is 0.149. The van der Waals surface area contributed by atoms with Crippen molar-refractivity contribution in [3.05, 3.63) is 57.5 Å². The predicted molar refractivity (Wildman–Crippen MR) is 115 cm³/mol. The molecule has 0 aliphatic carbocycles. The summed E-state index contributed by atoms with van der Waals surface area (Å²) >= 11 is 3.14. The highest BCUT2D eigenvalue weighted by molar-refractivity contribution is 7.99. The van der Waals surface area contributed by atoms with Gasteiger partial charge in [-0.3, -0.25) is 14.3 Å².